The van der Waals surface area contributed by atoms with Gasteiger partial charge in [-0.3, -0.25) is 5.32 Å². The number of amides is 4. The quantitative estimate of drug-likeness (QED) is 0.103. The molecule has 0 unspecified atom stereocenters. The highest BCUT2D eigenvalue weighted by atomic mass is 16.6. The predicted octanol–water partition coefficient (Wildman–Crippen LogP) is 6.09. The van der Waals surface area contributed by atoms with Crippen LogP contribution in [0.25, 0.3) is 0 Å². The van der Waals surface area contributed by atoms with Gasteiger partial charge in [0.25, 0.3) is 0 Å². The molecule has 0 saturated heterocycles. The van der Waals surface area contributed by atoms with Crippen LogP contribution < -0.4 is 10.6 Å². The van der Waals surface area contributed by atoms with Crippen LogP contribution in [0.1, 0.15) is 50.3 Å². The van der Waals surface area contributed by atoms with Gasteiger partial charge >= 0.3 is 30.3 Å². The summed E-state index contributed by atoms with van der Waals surface area (Å²) in [6, 6.07) is 26.6. The SMILES string of the molecule is COC(=O)[C@]1(NC(=O)OC(C)(C)C)C[C@H]1CCN(C(=O)OCc1ccccc1)/C(=N\C(=O)OCc1ccccc1)NC(=O)OCc1ccccc1. The molecule has 3 aromatic carbocycles. The van der Waals surface area contributed by atoms with Gasteiger partial charge in [-0.1, -0.05) is 91.0 Å². The Morgan fingerprint density at radius 3 is 1.78 bits per heavy atom. The molecule has 0 radical (unpaired) electrons. The fourth-order valence-electron chi connectivity index (χ4n) is 5.01. The minimum absolute atomic E-state index is 0.0736. The first kappa shape index (κ1) is 37.9. The van der Waals surface area contributed by atoms with Crippen molar-refractivity contribution in [3.63, 3.8) is 0 Å². The van der Waals surface area contributed by atoms with E-state index in [9.17, 15) is 24.0 Å². The van der Waals surface area contributed by atoms with Crippen molar-refractivity contribution in [2.24, 2.45) is 10.9 Å². The van der Waals surface area contributed by atoms with E-state index in [-0.39, 0.29) is 39.2 Å². The number of ether oxygens (including phenoxy) is 5. The monoisotopic (exact) mass is 702 g/mol. The van der Waals surface area contributed by atoms with E-state index in [1.807, 2.05) is 18.2 Å². The second-order valence-electron chi connectivity index (χ2n) is 12.6. The van der Waals surface area contributed by atoms with Gasteiger partial charge in [0.15, 0.2) is 0 Å². The molecule has 4 amide bonds. The summed E-state index contributed by atoms with van der Waals surface area (Å²) in [5, 5.41) is 5.00. The topological polar surface area (TPSA) is 171 Å². The summed E-state index contributed by atoms with van der Waals surface area (Å²) in [6.45, 7) is 4.44. The molecule has 0 heterocycles. The molecule has 3 aromatic rings. The first-order valence-corrected chi connectivity index (χ1v) is 16.2. The zero-order valence-corrected chi connectivity index (χ0v) is 29.0. The highest BCUT2D eigenvalue weighted by Gasteiger charge is 2.62. The Hall–Kier alpha value is -5.92. The van der Waals surface area contributed by atoms with Crippen LogP contribution in [-0.2, 0) is 48.3 Å². The van der Waals surface area contributed by atoms with Crippen molar-refractivity contribution in [3.8, 4) is 0 Å². The second-order valence-corrected chi connectivity index (χ2v) is 12.6. The molecule has 1 fully saturated rings. The van der Waals surface area contributed by atoms with Crippen molar-refractivity contribution in [1.29, 1.82) is 0 Å². The van der Waals surface area contributed by atoms with Gasteiger partial charge in [0.1, 0.15) is 31.0 Å². The number of guanidine groups is 1. The molecule has 0 aliphatic heterocycles. The van der Waals surface area contributed by atoms with Gasteiger partial charge in [-0.2, -0.15) is 0 Å². The molecule has 2 N–H and O–H groups in total. The second kappa shape index (κ2) is 17.7. The summed E-state index contributed by atoms with van der Waals surface area (Å²) >= 11 is 0. The van der Waals surface area contributed by atoms with Crippen molar-refractivity contribution in [2.75, 3.05) is 13.7 Å². The van der Waals surface area contributed by atoms with E-state index in [2.05, 4.69) is 15.6 Å². The van der Waals surface area contributed by atoms with Crippen LogP contribution in [0.5, 0.6) is 0 Å². The molecule has 4 rings (SSSR count). The van der Waals surface area contributed by atoms with Gasteiger partial charge < -0.3 is 29.0 Å². The number of aliphatic imine (C=N–C) groups is 1. The van der Waals surface area contributed by atoms with Gasteiger partial charge in [-0.25, -0.2) is 28.9 Å². The number of benzene rings is 3. The third kappa shape index (κ3) is 11.9. The Labute approximate surface area is 296 Å². The van der Waals surface area contributed by atoms with Crippen LogP contribution in [-0.4, -0.2) is 66.0 Å². The van der Waals surface area contributed by atoms with Gasteiger partial charge in [0.2, 0.25) is 5.96 Å². The van der Waals surface area contributed by atoms with E-state index in [1.54, 1.807) is 93.6 Å². The molecule has 0 spiro atoms. The van der Waals surface area contributed by atoms with E-state index < -0.39 is 53.4 Å². The van der Waals surface area contributed by atoms with E-state index in [4.69, 9.17) is 23.7 Å². The largest absolute Gasteiger partial charge is 0.467 e. The lowest BCUT2D eigenvalue weighted by atomic mass is 10.1. The van der Waals surface area contributed by atoms with Crippen LogP contribution in [0.3, 0.4) is 0 Å². The summed E-state index contributed by atoms with van der Waals surface area (Å²) in [4.78, 5) is 70.2. The van der Waals surface area contributed by atoms with Crippen LogP contribution >= 0.6 is 0 Å². The van der Waals surface area contributed by atoms with Crippen LogP contribution in [0.15, 0.2) is 96.0 Å². The average Bonchev–Trinajstić information content (AvgIpc) is 3.81. The van der Waals surface area contributed by atoms with Crippen molar-refractivity contribution < 1.29 is 47.7 Å². The molecule has 51 heavy (non-hydrogen) atoms. The highest BCUT2D eigenvalue weighted by Crippen LogP contribution is 2.47. The fourth-order valence-corrected chi connectivity index (χ4v) is 5.01. The maximum Gasteiger partial charge on any atom is 0.437 e. The third-order valence-corrected chi connectivity index (χ3v) is 7.59. The first-order chi connectivity index (χ1) is 24.4. The molecular weight excluding hydrogens is 660 g/mol. The molecule has 1 aliphatic rings. The number of nitrogens with zero attached hydrogens (tertiary/aromatic N) is 2. The molecule has 0 bridgehead atoms. The number of esters is 1. The fraction of sp³-hybridized carbons (Fsp3) is 0.351. The standard InChI is InChI=1S/C37H42N4O10/c1-36(2,3)51-34(45)40-37(30(42)47-4)22-29(37)20-21-41(35(46)50-25-28-18-12-7-13-19-28)31(38-32(43)48-23-26-14-8-5-9-15-26)39-33(44)49-24-27-16-10-6-11-17-27/h5-19,29H,20-25H2,1-4H3,(H,40,45)(H,38,39,43,44)/t29-,37+/m1/s1. The summed E-state index contributed by atoms with van der Waals surface area (Å²) < 4.78 is 26.6. The summed E-state index contributed by atoms with van der Waals surface area (Å²) in [5.41, 5.74) is -0.202. The minimum atomic E-state index is -1.43. The van der Waals surface area contributed by atoms with Crippen molar-refractivity contribution in [1.82, 2.24) is 15.5 Å². The van der Waals surface area contributed by atoms with Gasteiger partial charge in [-0.15, -0.1) is 4.99 Å². The van der Waals surface area contributed by atoms with E-state index in [0.717, 1.165) is 4.90 Å². The van der Waals surface area contributed by atoms with Crippen LogP contribution in [0, 0.1) is 5.92 Å². The van der Waals surface area contributed by atoms with Crippen molar-refractivity contribution in [3.05, 3.63) is 108 Å². The van der Waals surface area contributed by atoms with Crippen molar-refractivity contribution >= 4 is 36.3 Å². The average molecular weight is 703 g/mol. The Balaban J connectivity index is 1.58. The molecule has 2 atom stereocenters. The number of alkyl carbamates (subject to hydrolysis) is 2. The van der Waals surface area contributed by atoms with Gasteiger partial charge in [0.05, 0.1) is 7.11 Å². The lowest BCUT2D eigenvalue weighted by Crippen LogP contribution is -2.50. The van der Waals surface area contributed by atoms with Gasteiger partial charge in [0, 0.05) is 6.54 Å². The number of hydrogen-bond acceptors (Lipinski definition) is 10. The molecule has 270 valence electrons. The summed E-state index contributed by atoms with van der Waals surface area (Å²) in [5.74, 6) is -1.76. The Morgan fingerprint density at radius 1 is 0.765 bits per heavy atom. The molecule has 14 heteroatoms. The highest BCUT2D eigenvalue weighted by molar-refractivity contribution is 6.04. The van der Waals surface area contributed by atoms with E-state index in [0.29, 0.717) is 16.7 Å². The maximum absolute atomic E-state index is 13.7. The number of nitrogens with one attached hydrogen (secondary N) is 2. The zero-order valence-electron chi connectivity index (χ0n) is 29.0. The third-order valence-electron chi connectivity index (χ3n) is 7.59. The first-order valence-electron chi connectivity index (χ1n) is 16.2. The summed E-state index contributed by atoms with van der Waals surface area (Å²) in [6.07, 6.45) is -3.67. The zero-order chi connectivity index (χ0) is 36.9. The Morgan fingerprint density at radius 2 is 1.27 bits per heavy atom. The van der Waals surface area contributed by atoms with Crippen LogP contribution in [0.4, 0.5) is 19.2 Å². The lowest BCUT2D eigenvalue weighted by Gasteiger charge is -2.25. The van der Waals surface area contributed by atoms with E-state index in [1.165, 1.54) is 7.11 Å². The van der Waals surface area contributed by atoms with Crippen molar-refractivity contribution in [2.45, 2.75) is 64.6 Å². The number of hydrogen-bond donors (Lipinski definition) is 2. The minimum Gasteiger partial charge on any atom is -0.467 e. The van der Waals surface area contributed by atoms with E-state index >= 15 is 0 Å². The molecule has 14 nitrogen and oxygen atoms in total. The smallest absolute Gasteiger partial charge is 0.437 e. The number of carbonyl (C=O) groups is 5. The number of methoxy groups -OCH3 is 1. The molecular formula is C37H42N4O10. The Kier molecular flexibility index (Phi) is 13.1. The van der Waals surface area contributed by atoms with Crippen LogP contribution in [0.2, 0.25) is 0 Å². The Bertz CT molecular complexity index is 1680. The maximum atomic E-state index is 13.7. The molecule has 1 saturated carbocycles. The predicted molar refractivity (Wildman–Crippen MR) is 184 cm³/mol. The number of rotatable bonds is 11. The summed E-state index contributed by atoms with van der Waals surface area (Å²) in [7, 11) is 1.19. The molecule has 0 aromatic heterocycles. The number of carbonyl (C=O) groups excluding carboxylic acids is 5. The lowest BCUT2D eigenvalue weighted by molar-refractivity contribution is -0.144. The normalized spacial score (nSPS) is 16.5. The molecule has 1 aliphatic carbocycles. The van der Waals surface area contributed by atoms with Gasteiger partial charge in [-0.05, 0) is 56.2 Å².